The fraction of sp³-hybridized carbons (Fsp3) is 0.533. The average Bonchev–Trinajstić information content (AvgIpc) is 2.94. The Balaban J connectivity index is 0.00000220. The lowest BCUT2D eigenvalue weighted by molar-refractivity contribution is -0.120. The molecule has 1 unspecified atom stereocenters. The number of amides is 1. The van der Waals surface area contributed by atoms with Crippen LogP contribution in [0.25, 0.3) is 0 Å². The third-order valence-corrected chi connectivity index (χ3v) is 4.71. The van der Waals surface area contributed by atoms with E-state index in [1.54, 1.807) is 11.8 Å². The Morgan fingerprint density at radius 3 is 2.81 bits per heavy atom. The highest BCUT2D eigenvalue weighted by molar-refractivity contribution is 7.99. The molecule has 0 spiro atoms. The molecular weight excluding hydrogens is 327 g/mol. The lowest BCUT2D eigenvalue weighted by Gasteiger charge is -2.09. The van der Waals surface area contributed by atoms with E-state index in [0.29, 0.717) is 6.42 Å². The second-order valence-electron chi connectivity index (χ2n) is 5.05. The average molecular weight is 349 g/mol. The molecule has 0 aromatic heterocycles. The highest BCUT2D eigenvalue weighted by atomic mass is 35.5. The van der Waals surface area contributed by atoms with Gasteiger partial charge in [0.05, 0.1) is 0 Å². The number of rotatable bonds is 7. The van der Waals surface area contributed by atoms with Gasteiger partial charge >= 0.3 is 0 Å². The van der Waals surface area contributed by atoms with Gasteiger partial charge in [-0.2, -0.15) is 0 Å². The van der Waals surface area contributed by atoms with E-state index < -0.39 is 0 Å². The maximum Gasteiger partial charge on any atom is 0.220 e. The van der Waals surface area contributed by atoms with Crippen LogP contribution in [0.5, 0.6) is 0 Å². The monoisotopic (exact) mass is 348 g/mol. The van der Waals surface area contributed by atoms with E-state index >= 15 is 0 Å². The standard InChI is InChI=1S/C15H21ClN2OS.ClH/c16-13-1-3-14(4-2-13)20-10-7-15(19)18-9-6-12-5-8-17-11-12;/h1-4,12,17H,5-11H2,(H,18,19);1H. The number of hydrogen-bond acceptors (Lipinski definition) is 3. The van der Waals surface area contributed by atoms with Gasteiger partial charge in [0.2, 0.25) is 5.91 Å². The van der Waals surface area contributed by atoms with Crippen molar-refractivity contribution in [3.8, 4) is 0 Å². The molecule has 0 bridgehead atoms. The van der Waals surface area contributed by atoms with Gasteiger partial charge < -0.3 is 10.6 Å². The first-order chi connectivity index (χ1) is 9.74. The minimum Gasteiger partial charge on any atom is -0.356 e. The Hall–Kier alpha value is -0.420. The lowest BCUT2D eigenvalue weighted by Crippen LogP contribution is -2.26. The van der Waals surface area contributed by atoms with Crippen LogP contribution in [0.3, 0.4) is 0 Å². The number of nitrogens with one attached hydrogen (secondary N) is 2. The van der Waals surface area contributed by atoms with E-state index in [1.807, 2.05) is 24.3 Å². The van der Waals surface area contributed by atoms with Crippen LogP contribution in [-0.2, 0) is 4.79 Å². The van der Waals surface area contributed by atoms with Crippen molar-refractivity contribution in [3.05, 3.63) is 29.3 Å². The van der Waals surface area contributed by atoms with Gasteiger partial charge in [0.15, 0.2) is 0 Å². The van der Waals surface area contributed by atoms with Crippen LogP contribution in [0.2, 0.25) is 5.02 Å². The predicted octanol–water partition coefficient (Wildman–Crippen LogP) is 3.36. The van der Waals surface area contributed by atoms with Crippen LogP contribution in [0.1, 0.15) is 19.3 Å². The molecule has 1 saturated heterocycles. The van der Waals surface area contributed by atoms with E-state index in [2.05, 4.69) is 10.6 Å². The highest BCUT2D eigenvalue weighted by Gasteiger charge is 2.13. The lowest BCUT2D eigenvalue weighted by atomic mass is 10.1. The summed E-state index contributed by atoms with van der Waals surface area (Å²) >= 11 is 7.52. The second kappa shape index (κ2) is 10.3. The number of hydrogen-bond donors (Lipinski definition) is 2. The Kier molecular flexibility index (Phi) is 9.16. The van der Waals surface area contributed by atoms with Crippen molar-refractivity contribution in [1.29, 1.82) is 0 Å². The molecule has 2 rings (SSSR count). The zero-order valence-corrected chi connectivity index (χ0v) is 14.3. The maximum atomic E-state index is 11.7. The topological polar surface area (TPSA) is 41.1 Å². The largest absolute Gasteiger partial charge is 0.356 e. The van der Waals surface area contributed by atoms with Gasteiger partial charge in [0.25, 0.3) is 0 Å². The van der Waals surface area contributed by atoms with E-state index in [0.717, 1.165) is 47.6 Å². The summed E-state index contributed by atoms with van der Waals surface area (Å²) in [5.41, 5.74) is 0. The number of halogens is 2. The minimum atomic E-state index is 0. The van der Waals surface area contributed by atoms with Gasteiger partial charge in [-0.1, -0.05) is 11.6 Å². The smallest absolute Gasteiger partial charge is 0.220 e. The molecule has 2 N–H and O–H groups in total. The van der Waals surface area contributed by atoms with E-state index in [-0.39, 0.29) is 18.3 Å². The van der Waals surface area contributed by atoms with Gasteiger partial charge in [0, 0.05) is 28.6 Å². The fourth-order valence-electron chi connectivity index (χ4n) is 2.26. The summed E-state index contributed by atoms with van der Waals surface area (Å²) in [7, 11) is 0. The van der Waals surface area contributed by atoms with Crippen molar-refractivity contribution >= 4 is 41.7 Å². The maximum absolute atomic E-state index is 11.7. The van der Waals surface area contributed by atoms with Crippen LogP contribution >= 0.6 is 35.8 Å². The second-order valence-corrected chi connectivity index (χ2v) is 6.65. The molecule has 1 aliphatic heterocycles. The van der Waals surface area contributed by atoms with Crippen molar-refractivity contribution in [1.82, 2.24) is 10.6 Å². The van der Waals surface area contributed by atoms with Crippen LogP contribution in [0.15, 0.2) is 29.2 Å². The van der Waals surface area contributed by atoms with Gasteiger partial charge in [-0.15, -0.1) is 24.2 Å². The summed E-state index contributed by atoms with van der Waals surface area (Å²) in [6.07, 6.45) is 2.89. The van der Waals surface area contributed by atoms with Crippen LogP contribution < -0.4 is 10.6 Å². The van der Waals surface area contributed by atoms with Crippen LogP contribution in [0.4, 0.5) is 0 Å². The first-order valence-corrected chi connectivity index (χ1v) is 8.46. The quantitative estimate of drug-likeness (QED) is 0.742. The fourth-order valence-corrected chi connectivity index (χ4v) is 3.24. The summed E-state index contributed by atoms with van der Waals surface area (Å²) < 4.78 is 0. The van der Waals surface area contributed by atoms with Gasteiger partial charge in [-0.3, -0.25) is 4.79 Å². The van der Waals surface area contributed by atoms with E-state index in [9.17, 15) is 4.79 Å². The normalized spacial score (nSPS) is 17.3. The van der Waals surface area contributed by atoms with Crippen molar-refractivity contribution in [2.24, 2.45) is 5.92 Å². The first kappa shape index (κ1) is 18.6. The molecule has 1 aromatic rings. The third-order valence-electron chi connectivity index (χ3n) is 3.45. The molecule has 1 aromatic carbocycles. The minimum absolute atomic E-state index is 0. The molecule has 1 fully saturated rings. The first-order valence-electron chi connectivity index (χ1n) is 7.10. The number of carbonyl (C=O) groups is 1. The summed E-state index contributed by atoms with van der Waals surface area (Å²) in [6, 6.07) is 7.72. The Bertz CT molecular complexity index is 422. The van der Waals surface area contributed by atoms with E-state index in [4.69, 9.17) is 11.6 Å². The number of thioether (sulfide) groups is 1. The van der Waals surface area contributed by atoms with Gasteiger partial charge in [-0.05, 0) is 56.1 Å². The van der Waals surface area contributed by atoms with Crippen molar-refractivity contribution in [3.63, 3.8) is 0 Å². The predicted molar refractivity (Wildman–Crippen MR) is 92.6 cm³/mol. The molecule has 0 saturated carbocycles. The van der Waals surface area contributed by atoms with Crippen molar-refractivity contribution in [2.75, 3.05) is 25.4 Å². The summed E-state index contributed by atoms with van der Waals surface area (Å²) in [4.78, 5) is 12.9. The highest BCUT2D eigenvalue weighted by Crippen LogP contribution is 2.20. The molecule has 6 heteroatoms. The molecule has 1 atom stereocenters. The van der Waals surface area contributed by atoms with Crippen molar-refractivity contribution in [2.45, 2.75) is 24.2 Å². The Morgan fingerprint density at radius 2 is 2.14 bits per heavy atom. The summed E-state index contributed by atoms with van der Waals surface area (Å²) in [6.45, 7) is 3.02. The molecule has 1 aliphatic rings. The number of carbonyl (C=O) groups excluding carboxylic acids is 1. The van der Waals surface area contributed by atoms with Crippen molar-refractivity contribution < 1.29 is 4.79 Å². The zero-order chi connectivity index (χ0) is 14.2. The Labute approximate surface area is 142 Å². The molecule has 21 heavy (non-hydrogen) atoms. The summed E-state index contributed by atoms with van der Waals surface area (Å²) in [5.74, 6) is 1.69. The molecule has 0 radical (unpaired) electrons. The molecule has 3 nitrogen and oxygen atoms in total. The van der Waals surface area contributed by atoms with Gasteiger partial charge in [0.1, 0.15) is 0 Å². The molecular formula is C15H22Cl2N2OS. The molecule has 118 valence electrons. The zero-order valence-electron chi connectivity index (χ0n) is 11.9. The number of benzene rings is 1. The Morgan fingerprint density at radius 1 is 1.38 bits per heavy atom. The van der Waals surface area contributed by atoms with Gasteiger partial charge in [-0.25, -0.2) is 0 Å². The molecule has 0 aliphatic carbocycles. The van der Waals surface area contributed by atoms with Crippen LogP contribution in [0, 0.1) is 5.92 Å². The molecule has 1 heterocycles. The SMILES string of the molecule is Cl.O=C(CCSc1ccc(Cl)cc1)NCCC1CCNC1. The third kappa shape index (κ3) is 7.41. The van der Waals surface area contributed by atoms with Crippen LogP contribution in [-0.4, -0.2) is 31.3 Å². The van der Waals surface area contributed by atoms with E-state index in [1.165, 1.54) is 6.42 Å². The molecule has 1 amide bonds. The summed E-state index contributed by atoms with van der Waals surface area (Å²) in [5, 5.41) is 7.09.